The Morgan fingerprint density at radius 1 is 1.23 bits per heavy atom. The number of hydrogen-bond donors (Lipinski definition) is 4. The molecule has 0 fully saturated rings. The van der Waals surface area contributed by atoms with Crippen LogP contribution in [-0.4, -0.2) is 32.4 Å². The average Bonchev–Trinajstić information content (AvgIpc) is 2.51. The van der Waals surface area contributed by atoms with E-state index in [1.807, 2.05) is 0 Å². The summed E-state index contributed by atoms with van der Waals surface area (Å²) in [6.07, 6.45) is 0.0941. The Labute approximate surface area is 125 Å². The number of aromatic nitrogens is 1. The zero-order valence-corrected chi connectivity index (χ0v) is 11.6. The van der Waals surface area contributed by atoms with Crippen LogP contribution in [0.3, 0.4) is 0 Å². The second-order valence-corrected chi connectivity index (χ2v) is 4.72. The quantitative estimate of drug-likeness (QED) is 0.605. The van der Waals surface area contributed by atoms with Gasteiger partial charge in [0.2, 0.25) is 11.3 Å². The zero-order chi connectivity index (χ0) is 16.3. The molecule has 1 atom stereocenters. The van der Waals surface area contributed by atoms with E-state index >= 15 is 0 Å². The molecule has 2 aromatic rings. The molecular weight excluding hydrogens is 288 g/mol. The Morgan fingerprint density at radius 3 is 2.41 bits per heavy atom. The van der Waals surface area contributed by atoms with Crippen LogP contribution < -0.4 is 11.2 Å². The molecule has 1 heterocycles. The molecule has 22 heavy (non-hydrogen) atoms. The van der Waals surface area contributed by atoms with E-state index in [2.05, 4.69) is 0 Å². The molecule has 0 aliphatic carbocycles. The van der Waals surface area contributed by atoms with Gasteiger partial charge in [0, 0.05) is 24.4 Å². The maximum Gasteiger partial charge on any atom is 0.248 e. The van der Waals surface area contributed by atoms with Crippen LogP contribution in [-0.2, 0) is 6.54 Å². The molecule has 1 amide bonds. The summed E-state index contributed by atoms with van der Waals surface area (Å²) in [6.45, 7) is -0.109. The Kier molecular flexibility index (Phi) is 4.59. The first-order valence-corrected chi connectivity index (χ1v) is 6.56. The van der Waals surface area contributed by atoms with Gasteiger partial charge in [0.1, 0.15) is 6.10 Å². The van der Waals surface area contributed by atoms with Gasteiger partial charge < -0.3 is 25.6 Å². The molecule has 0 radical (unpaired) electrons. The van der Waals surface area contributed by atoms with E-state index in [1.165, 1.54) is 35.0 Å². The monoisotopic (exact) mass is 304 g/mol. The van der Waals surface area contributed by atoms with E-state index in [0.717, 1.165) is 6.07 Å². The molecule has 0 saturated carbocycles. The van der Waals surface area contributed by atoms with Gasteiger partial charge in [-0.2, -0.15) is 0 Å². The van der Waals surface area contributed by atoms with Crippen molar-refractivity contribution in [2.45, 2.75) is 12.6 Å². The van der Waals surface area contributed by atoms with E-state index in [0.29, 0.717) is 5.56 Å². The standard InChI is InChI=1S/C15H16N2O5/c16-15(22)10-3-1-9(2-4-10)13(20)12-14(21)11(19)5-6-17(12)7-8-18/h1-6,13,18,20-21H,7-8H2,(H2,16,22). The predicted molar refractivity (Wildman–Crippen MR) is 78.5 cm³/mol. The van der Waals surface area contributed by atoms with Gasteiger partial charge in [0.15, 0.2) is 5.75 Å². The van der Waals surface area contributed by atoms with Crippen LogP contribution in [0.5, 0.6) is 5.75 Å². The van der Waals surface area contributed by atoms with Crippen molar-refractivity contribution in [1.29, 1.82) is 0 Å². The number of pyridine rings is 1. The second kappa shape index (κ2) is 6.42. The van der Waals surface area contributed by atoms with Gasteiger partial charge >= 0.3 is 0 Å². The number of amides is 1. The number of carbonyl (C=O) groups excluding carboxylic acids is 1. The highest BCUT2D eigenvalue weighted by atomic mass is 16.3. The zero-order valence-electron chi connectivity index (χ0n) is 11.6. The fourth-order valence-corrected chi connectivity index (χ4v) is 2.16. The molecule has 0 aliphatic heterocycles. The van der Waals surface area contributed by atoms with Gasteiger partial charge in [0.05, 0.1) is 12.3 Å². The predicted octanol–water partition coefficient (Wildman–Crippen LogP) is -0.273. The van der Waals surface area contributed by atoms with Crippen molar-refractivity contribution in [2.75, 3.05) is 6.61 Å². The SMILES string of the molecule is NC(=O)c1ccc(C(O)c2c(O)c(=O)ccn2CCO)cc1. The Bertz CT molecular complexity index is 737. The van der Waals surface area contributed by atoms with Crippen LogP contribution >= 0.6 is 0 Å². The van der Waals surface area contributed by atoms with E-state index in [9.17, 15) is 19.8 Å². The van der Waals surface area contributed by atoms with Gasteiger partial charge in [-0.05, 0) is 17.7 Å². The molecule has 0 aliphatic rings. The van der Waals surface area contributed by atoms with Crippen molar-refractivity contribution in [3.8, 4) is 5.75 Å². The minimum absolute atomic E-state index is 0.0200. The topological polar surface area (TPSA) is 126 Å². The van der Waals surface area contributed by atoms with Crippen molar-refractivity contribution in [2.24, 2.45) is 5.73 Å². The summed E-state index contributed by atoms with van der Waals surface area (Å²) in [5.74, 6) is -1.18. The molecule has 0 bridgehead atoms. The average molecular weight is 304 g/mol. The molecule has 1 unspecified atom stereocenters. The van der Waals surface area contributed by atoms with Crippen molar-refractivity contribution < 1.29 is 20.1 Å². The van der Waals surface area contributed by atoms with E-state index in [-0.39, 0.29) is 24.4 Å². The van der Waals surface area contributed by atoms with Crippen LogP contribution in [0.25, 0.3) is 0 Å². The largest absolute Gasteiger partial charge is 0.503 e. The first-order chi connectivity index (χ1) is 10.5. The Morgan fingerprint density at radius 2 is 1.86 bits per heavy atom. The summed E-state index contributed by atoms with van der Waals surface area (Å²) in [4.78, 5) is 22.6. The van der Waals surface area contributed by atoms with Crippen molar-refractivity contribution in [3.05, 3.63) is 63.6 Å². The minimum atomic E-state index is -1.29. The third-order valence-corrected chi connectivity index (χ3v) is 3.30. The number of primary amides is 1. The second-order valence-electron chi connectivity index (χ2n) is 4.72. The van der Waals surface area contributed by atoms with E-state index < -0.39 is 23.2 Å². The molecule has 1 aromatic carbocycles. The summed E-state index contributed by atoms with van der Waals surface area (Å²) < 4.78 is 1.39. The first kappa shape index (κ1) is 15.7. The van der Waals surface area contributed by atoms with Crippen molar-refractivity contribution >= 4 is 5.91 Å². The lowest BCUT2D eigenvalue weighted by molar-refractivity contribution is 0.1000. The van der Waals surface area contributed by atoms with Gasteiger partial charge in [-0.15, -0.1) is 0 Å². The number of rotatable bonds is 5. The lowest BCUT2D eigenvalue weighted by atomic mass is 10.0. The van der Waals surface area contributed by atoms with Crippen LogP contribution in [0.1, 0.15) is 27.7 Å². The highest BCUT2D eigenvalue weighted by Gasteiger charge is 2.20. The molecule has 1 aromatic heterocycles. The van der Waals surface area contributed by atoms with Gasteiger partial charge in [-0.1, -0.05) is 12.1 Å². The Balaban J connectivity index is 2.48. The van der Waals surface area contributed by atoms with Crippen molar-refractivity contribution in [1.82, 2.24) is 4.57 Å². The fourth-order valence-electron chi connectivity index (χ4n) is 2.16. The number of carbonyl (C=O) groups is 1. The minimum Gasteiger partial charge on any atom is -0.503 e. The number of aliphatic hydroxyl groups excluding tert-OH is 2. The van der Waals surface area contributed by atoms with Crippen LogP contribution in [0.4, 0.5) is 0 Å². The highest BCUT2D eigenvalue weighted by Crippen LogP contribution is 2.27. The van der Waals surface area contributed by atoms with Crippen LogP contribution in [0, 0.1) is 0 Å². The number of benzene rings is 1. The van der Waals surface area contributed by atoms with Gasteiger partial charge in [0.25, 0.3) is 0 Å². The summed E-state index contributed by atoms with van der Waals surface area (Å²) in [5.41, 5.74) is 5.15. The number of nitrogens with zero attached hydrogens (tertiary/aromatic N) is 1. The summed E-state index contributed by atoms with van der Waals surface area (Å²) >= 11 is 0. The Hall–Kier alpha value is -2.64. The number of aliphatic hydroxyl groups is 2. The van der Waals surface area contributed by atoms with E-state index in [1.54, 1.807) is 0 Å². The molecular formula is C15H16N2O5. The fraction of sp³-hybridized carbons (Fsp3) is 0.200. The molecule has 5 N–H and O–H groups in total. The smallest absolute Gasteiger partial charge is 0.248 e. The molecule has 7 heteroatoms. The van der Waals surface area contributed by atoms with Crippen LogP contribution in [0.15, 0.2) is 41.3 Å². The normalized spacial score (nSPS) is 12.1. The maximum atomic E-state index is 11.6. The first-order valence-electron chi connectivity index (χ1n) is 6.56. The van der Waals surface area contributed by atoms with Gasteiger partial charge in [-0.3, -0.25) is 9.59 Å². The third kappa shape index (κ3) is 3.00. The van der Waals surface area contributed by atoms with E-state index in [4.69, 9.17) is 10.8 Å². The third-order valence-electron chi connectivity index (χ3n) is 3.30. The highest BCUT2D eigenvalue weighted by molar-refractivity contribution is 5.92. The number of aromatic hydroxyl groups is 1. The molecule has 116 valence electrons. The number of hydrogen-bond acceptors (Lipinski definition) is 5. The number of nitrogens with two attached hydrogens (primary N) is 1. The van der Waals surface area contributed by atoms with Crippen molar-refractivity contribution in [3.63, 3.8) is 0 Å². The lowest BCUT2D eigenvalue weighted by Gasteiger charge is -2.19. The molecule has 7 nitrogen and oxygen atoms in total. The molecule has 0 saturated heterocycles. The lowest BCUT2D eigenvalue weighted by Crippen LogP contribution is -2.18. The molecule has 2 rings (SSSR count). The van der Waals surface area contributed by atoms with Crippen LogP contribution in [0.2, 0.25) is 0 Å². The molecule has 0 spiro atoms. The van der Waals surface area contributed by atoms with Gasteiger partial charge in [-0.25, -0.2) is 0 Å². The summed E-state index contributed by atoms with van der Waals surface area (Å²) in [6, 6.07) is 6.98. The summed E-state index contributed by atoms with van der Waals surface area (Å²) in [7, 11) is 0. The summed E-state index contributed by atoms with van der Waals surface area (Å²) in [5, 5.41) is 29.4. The maximum absolute atomic E-state index is 11.6.